The fraction of sp³-hybridized carbons (Fsp3) is 0.500. The van der Waals surface area contributed by atoms with Gasteiger partial charge in [0.1, 0.15) is 0 Å². The topological polar surface area (TPSA) is 62.6 Å². The summed E-state index contributed by atoms with van der Waals surface area (Å²) >= 11 is 6.05. The Hall–Kier alpha value is -1.63. The first-order valence-corrected chi connectivity index (χ1v) is 7.86. The van der Waals surface area contributed by atoms with E-state index in [1.54, 1.807) is 31.0 Å². The minimum absolute atomic E-state index is 0.289. The third kappa shape index (κ3) is 4.67. The van der Waals surface area contributed by atoms with Crippen molar-refractivity contribution in [3.8, 4) is 0 Å². The van der Waals surface area contributed by atoms with E-state index >= 15 is 0 Å². The van der Waals surface area contributed by atoms with Crippen molar-refractivity contribution in [2.75, 3.05) is 34.0 Å². The molecule has 0 saturated carbocycles. The van der Waals surface area contributed by atoms with Crippen LogP contribution in [0.5, 0.6) is 0 Å². The first kappa shape index (κ1) is 17.7. The van der Waals surface area contributed by atoms with E-state index < -0.39 is 5.97 Å². The lowest BCUT2D eigenvalue weighted by Crippen LogP contribution is -2.10. The summed E-state index contributed by atoms with van der Waals surface area (Å²) < 4.78 is 17.0. The van der Waals surface area contributed by atoms with E-state index in [9.17, 15) is 4.79 Å². The number of carbonyl (C=O) groups is 1. The lowest BCUT2D eigenvalue weighted by Gasteiger charge is -2.03. The predicted octanol–water partition coefficient (Wildman–Crippen LogP) is 2.92. The number of halogens is 1. The number of fused-ring (bicyclic) bond motifs is 1. The first-order valence-electron chi connectivity index (χ1n) is 7.48. The van der Waals surface area contributed by atoms with Crippen molar-refractivity contribution in [3.05, 3.63) is 28.9 Å². The van der Waals surface area contributed by atoms with Crippen LogP contribution < -0.4 is 0 Å². The second kappa shape index (κ2) is 8.86. The lowest BCUT2D eigenvalue weighted by atomic mass is 10.2. The van der Waals surface area contributed by atoms with Gasteiger partial charge in [0, 0.05) is 50.8 Å². The highest BCUT2D eigenvalue weighted by atomic mass is 35.5. The molecule has 0 saturated heterocycles. The molecule has 1 heterocycles. The van der Waals surface area contributed by atoms with Crippen LogP contribution in [0.25, 0.3) is 10.9 Å². The molecule has 1 aromatic heterocycles. The summed E-state index contributed by atoms with van der Waals surface area (Å²) in [6.45, 7) is 2.13. The Morgan fingerprint density at radius 2 is 1.91 bits per heavy atom. The standard InChI is InChI=1S/C16H21ClN2O4/c1-21-8-3-7-19-14-6-5-12(17)11-13(14)15(18-19)16(20)23-10-4-9-22-2/h5-6,11H,3-4,7-10H2,1-2H3. The molecule has 0 aliphatic rings. The summed E-state index contributed by atoms with van der Waals surface area (Å²) in [6, 6.07) is 5.38. The van der Waals surface area contributed by atoms with Crippen molar-refractivity contribution < 1.29 is 19.0 Å². The van der Waals surface area contributed by atoms with Crippen molar-refractivity contribution in [1.29, 1.82) is 0 Å². The average molecular weight is 341 g/mol. The molecule has 0 N–H and O–H groups in total. The van der Waals surface area contributed by atoms with Crippen LogP contribution in [0.3, 0.4) is 0 Å². The minimum Gasteiger partial charge on any atom is -0.461 e. The van der Waals surface area contributed by atoms with Crippen molar-refractivity contribution in [1.82, 2.24) is 9.78 Å². The molecule has 126 valence electrons. The zero-order valence-electron chi connectivity index (χ0n) is 13.4. The largest absolute Gasteiger partial charge is 0.461 e. The predicted molar refractivity (Wildman–Crippen MR) is 88.0 cm³/mol. The highest BCUT2D eigenvalue weighted by Gasteiger charge is 2.18. The van der Waals surface area contributed by atoms with Crippen LogP contribution in [0, 0.1) is 0 Å². The number of hydrogen-bond donors (Lipinski definition) is 0. The molecule has 0 bridgehead atoms. The monoisotopic (exact) mass is 340 g/mol. The fourth-order valence-electron chi connectivity index (χ4n) is 2.27. The summed E-state index contributed by atoms with van der Waals surface area (Å²) in [5, 5.41) is 5.66. The third-order valence-corrected chi connectivity index (χ3v) is 3.59. The molecule has 0 aliphatic carbocycles. The number of aromatic nitrogens is 2. The van der Waals surface area contributed by atoms with E-state index in [4.69, 9.17) is 25.8 Å². The minimum atomic E-state index is -0.445. The van der Waals surface area contributed by atoms with Crippen LogP contribution in [0.2, 0.25) is 5.02 Å². The van der Waals surface area contributed by atoms with E-state index in [0.29, 0.717) is 43.2 Å². The zero-order chi connectivity index (χ0) is 16.7. The molecule has 0 aliphatic heterocycles. The van der Waals surface area contributed by atoms with Crippen LogP contribution in [-0.4, -0.2) is 49.8 Å². The number of nitrogens with zero attached hydrogens (tertiary/aromatic N) is 2. The van der Waals surface area contributed by atoms with E-state index in [2.05, 4.69) is 5.10 Å². The number of aryl methyl sites for hydroxylation is 1. The van der Waals surface area contributed by atoms with Crippen molar-refractivity contribution in [2.45, 2.75) is 19.4 Å². The van der Waals surface area contributed by atoms with Gasteiger partial charge in [0.15, 0.2) is 5.69 Å². The van der Waals surface area contributed by atoms with Crippen molar-refractivity contribution >= 4 is 28.5 Å². The Kier molecular flexibility index (Phi) is 6.83. The van der Waals surface area contributed by atoms with Gasteiger partial charge in [-0.2, -0.15) is 5.10 Å². The van der Waals surface area contributed by atoms with E-state index in [1.165, 1.54) is 0 Å². The normalized spacial score (nSPS) is 11.1. The Bertz CT molecular complexity index is 657. The maximum absolute atomic E-state index is 12.3. The van der Waals surface area contributed by atoms with Crippen LogP contribution in [0.15, 0.2) is 18.2 Å². The Balaban J connectivity index is 2.20. The number of rotatable bonds is 9. The molecule has 1 aromatic carbocycles. The molecular weight excluding hydrogens is 320 g/mol. The van der Waals surface area contributed by atoms with E-state index in [-0.39, 0.29) is 5.69 Å². The van der Waals surface area contributed by atoms with Gasteiger partial charge in [-0.15, -0.1) is 0 Å². The molecule has 2 aromatic rings. The number of ether oxygens (including phenoxy) is 3. The maximum atomic E-state index is 12.3. The van der Waals surface area contributed by atoms with Gasteiger partial charge >= 0.3 is 5.97 Å². The van der Waals surface area contributed by atoms with Crippen LogP contribution in [-0.2, 0) is 20.8 Å². The smallest absolute Gasteiger partial charge is 0.359 e. The molecule has 0 amide bonds. The summed E-state index contributed by atoms with van der Waals surface area (Å²) in [7, 11) is 3.27. The summed E-state index contributed by atoms with van der Waals surface area (Å²) in [5.41, 5.74) is 1.15. The molecule has 0 atom stereocenters. The molecule has 0 radical (unpaired) electrons. The highest BCUT2D eigenvalue weighted by Crippen LogP contribution is 2.23. The van der Waals surface area contributed by atoms with Gasteiger partial charge < -0.3 is 14.2 Å². The van der Waals surface area contributed by atoms with Crippen LogP contribution >= 0.6 is 11.6 Å². The Labute approximate surface area is 140 Å². The maximum Gasteiger partial charge on any atom is 0.359 e. The van der Waals surface area contributed by atoms with Crippen molar-refractivity contribution in [2.24, 2.45) is 0 Å². The number of hydrogen-bond acceptors (Lipinski definition) is 5. The number of esters is 1. The highest BCUT2D eigenvalue weighted by molar-refractivity contribution is 6.31. The van der Waals surface area contributed by atoms with E-state index in [0.717, 1.165) is 11.9 Å². The zero-order valence-corrected chi connectivity index (χ0v) is 14.1. The molecule has 7 heteroatoms. The lowest BCUT2D eigenvalue weighted by molar-refractivity contribution is 0.0462. The van der Waals surface area contributed by atoms with Gasteiger partial charge in [0.25, 0.3) is 0 Å². The fourth-order valence-corrected chi connectivity index (χ4v) is 2.44. The molecule has 6 nitrogen and oxygen atoms in total. The van der Waals surface area contributed by atoms with Gasteiger partial charge in [-0.05, 0) is 24.6 Å². The van der Waals surface area contributed by atoms with Gasteiger partial charge in [0.2, 0.25) is 0 Å². The van der Waals surface area contributed by atoms with E-state index in [1.807, 2.05) is 6.07 Å². The van der Waals surface area contributed by atoms with Crippen molar-refractivity contribution in [3.63, 3.8) is 0 Å². The van der Waals surface area contributed by atoms with Crippen LogP contribution in [0.1, 0.15) is 23.3 Å². The second-order valence-corrected chi connectivity index (χ2v) is 5.50. The molecule has 2 rings (SSSR count). The number of benzene rings is 1. The van der Waals surface area contributed by atoms with Gasteiger partial charge in [-0.1, -0.05) is 11.6 Å². The van der Waals surface area contributed by atoms with Gasteiger partial charge in [-0.3, -0.25) is 4.68 Å². The summed E-state index contributed by atoms with van der Waals surface area (Å²) in [6.07, 6.45) is 1.45. The number of methoxy groups -OCH3 is 2. The van der Waals surface area contributed by atoms with Gasteiger partial charge in [-0.25, -0.2) is 4.79 Å². The molecule has 0 unspecified atom stereocenters. The van der Waals surface area contributed by atoms with Crippen LogP contribution in [0.4, 0.5) is 0 Å². The SMILES string of the molecule is COCCCOC(=O)c1nn(CCCOC)c2ccc(Cl)cc12. The first-order chi connectivity index (χ1) is 11.2. The molecule has 0 spiro atoms. The quantitative estimate of drug-likeness (QED) is 0.519. The Morgan fingerprint density at radius 3 is 2.65 bits per heavy atom. The van der Waals surface area contributed by atoms with Gasteiger partial charge in [0.05, 0.1) is 12.1 Å². The Morgan fingerprint density at radius 1 is 1.17 bits per heavy atom. The third-order valence-electron chi connectivity index (χ3n) is 3.35. The number of carbonyl (C=O) groups excluding carboxylic acids is 1. The molecule has 0 fully saturated rings. The summed E-state index contributed by atoms with van der Waals surface area (Å²) in [4.78, 5) is 12.3. The second-order valence-electron chi connectivity index (χ2n) is 5.06. The molecular formula is C16H21ClN2O4. The summed E-state index contributed by atoms with van der Waals surface area (Å²) in [5.74, 6) is -0.445. The molecule has 23 heavy (non-hydrogen) atoms. The average Bonchev–Trinajstić information content (AvgIpc) is 2.90.